The molecular weight excluding hydrogens is 452 g/mol. The summed E-state index contributed by atoms with van der Waals surface area (Å²) in [6, 6.07) is 14.0. The molecule has 0 saturated carbocycles. The standard InChI is InChI=1S/C27H30N8O/c1-29-17-22(15-28)21-5-3-20(4-6-21)16-30-26-14-24(32-19-33-26)25-18-31-27-13-23(7-10-35(25)27)36-12-11-34-8-2-9-34/h3-7,10,13-15,17-19,28-29H,2,8-9,11-12,16H2,1H3,(H,30,32,33)/b22-17+,28-15?. The second kappa shape index (κ2) is 11.0. The summed E-state index contributed by atoms with van der Waals surface area (Å²) in [6.07, 6.45) is 9.80. The van der Waals surface area contributed by atoms with Crippen LogP contribution in [0.15, 0.2) is 67.4 Å². The Morgan fingerprint density at radius 2 is 1.97 bits per heavy atom. The molecule has 36 heavy (non-hydrogen) atoms. The van der Waals surface area contributed by atoms with E-state index in [1.165, 1.54) is 25.7 Å². The minimum atomic E-state index is 0.623. The highest BCUT2D eigenvalue weighted by atomic mass is 16.5. The predicted molar refractivity (Wildman–Crippen MR) is 142 cm³/mol. The van der Waals surface area contributed by atoms with Gasteiger partial charge in [0.25, 0.3) is 0 Å². The Morgan fingerprint density at radius 1 is 1.11 bits per heavy atom. The van der Waals surface area contributed by atoms with E-state index in [1.54, 1.807) is 6.33 Å². The molecule has 184 valence electrons. The van der Waals surface area contributed by atoms with Gasteiger partial charge in [0, 0.05) is 56.5 Å². The van der Waals surface area contributed by atoms with E-state index in [9.17, 15) is 0 Å². The van der Waals surface area contributed by atoms with Crippen LogP contribution < -0.4 is 15.4 Å². The molecule has 1 saturated heterocycles. The number of hydrogen-bond acceptors (Lipinski definition) is 8. The first-order valence-corrected chi connectivity index (χ1v) is 12.1. The molecule has 0 bridgehead atoms. The summed E-state index contributed by atoms with van der Waals surface area (Å²) in [7, 11) is 1.83. The zero-order chi connectivity index (χ0) is 24.7. The van der Waals surface area contributed by atoms with Crippen molar-refractivity contribution in [3.05, 3.63) is 78.5 Å². The number of fused-ring (bicyclic) bond motifs is 1. The molecule has 0 unspecified atom stereocenters. The molecule has 0 atom stereocenters. The second-order valence-electron chi connectivity index (χ2n) is 8.65. The number of rotatable bonds is 11. The van der Waals surface area contributed by atoms with Crippen molar-refractivity contribution in [2.75, 3.05) is 38.6 Å². The number of likely N-dealkylation sites (tertiary alicyclic amines) is 1. The third-order valence-corrected chi connectivity index (χ3v) is 6.26. The van der Waals surface area contributed by atoms with Gasteiger partial charge < -0.3 is 20.8 Å². The summed E-state index contributed by atoms with van der Waals surface area (Å²) in [5.74, 6) is 1.56. The van der Waals surface area contributed by atoms with Gasteiger partial charge >= 0.3 is 0 Å². The van der Waals surface area contributed by atoms with Crippen LogP contribution >= 0.6 is 0 Å². The van der Waals surface area contributed by atoms with Crippen LogP contribution in [0.25, 0.3) is 22.6 Å². The molecule has 5 rings (SSSR count). The van der Waals surface area contributed by atoms with Crippen molar-refractivity contribution in [1.82, 2.24) is 29.6 Å². The average Bonchev–Trinajstić information content (AvgIpc) is 3.31. The first kappa shape index (κ1) is 23.5. The zero-order valence-electron chi connectivity index (χ0n) is 20.3. The molecule has 0 amide bonds. The third kappa shape index (κ3) is 5.36. The van der Waals surface area contributed by atoms with E-state index in [4.69, 9.17) is 10.1 Å². The first-order chi connectivity index (χ1) is 17.7. The Balaban J connectivity index is 1.24. The van der Waals surface area contributed by atoms with Crippen molar-refractivity contribution in [3.63, 3.8) is 0 Å². The van der Waals surface area contributed by atoms with E-state index < -0.39 is 0 Å². The Morgan fingerprint density at radius 3 is 2.72 bits per heavy atom. The largest absolute Gasteiger partial charge is 0.492 e. The molecule has 0 aliphatic carbocycles. The normalized spacial score (nSPS) is 13.9. The Bertz CT molecular complexity index is 1360. The van der Waals surface area contributed by atoms with Crippen molar-refractivity contribution in [1.29, 1.82) is 5.41 Å². The fraction of sp³-hybridized carbons (Fsp3) is 0.259. The summed E-state index contributed by atoms with van der Waals surface area (Å²) in [5.41, 5.74) is 5.43. The minimum Gasteiger partial charge on any atom is -0.492 e. The zero-order valence-corrected chi connectivity index (χ0v) is 20.3. The van der Waals surface area contributed by atoms with Gasteiger partial charge in [0.1, 0.15) is 30.1 Å². The highest BCUT2D eigenvalue weighted by Crippen LogP contribution is 2.23. The van der Waals surface area contributed by atoms with E-state index in [2.05, 4.69) is 30.5 Å². The van der Waals surface area contributed by atoms with Crippen LogP contribution in [-0.4, -0.2) is 63.8 Å². The maximum Gasteiger partial charge on any atom is 0.140 e. The number of allylic oxidation sites excluding steroid dienone is 1. The van der Waals surface area contributed by atoms with Crippen LogP contribution in [0.4, 0.5) is 5.82 Å². The van der Waals surface area contributed by atoms with Gasteiger partial charge in [-0.2, -0.15) is 0 Å². The maximum absolute atomic E-state index is 7.56. The summed E-state index contributed by atoms with van der Waals surface area (Å²) < 4.78 is 7.93. The topological polar surface area (TPSA) is 103 Å². The fourth-order valence-electron chi connectivity index (χ4n) is 4.10. The molecule has 0 radical (unpaired) electrons. The molecule has 3 aromatic heterocycles. The van der Waals surface area contributed by atoms with Gasteiger partial charge in [-0.15, -0.1) is 0 Å². The number of pyridine rings is 1. The maximum atomic E-state index is 7.56. The molecule has 3 N–H and O–H groups in total. The molecule has 1 aliphatic rings. The van der Waals surface area contributed by atoms with Crippen LogP contribution in [0.2, 0.25) is 0 Å². The number of hydrogen-bond donors (Lipinski definition) is 3. The fourth-order valence-corrected chi connectivity index (χ4v) is 4.10. The molecule has 0 spiro atoms. The SMILES string of the molecule is CN/C=C(\C=N)c1ccc(CNc2cc(-c3cnc4cc(OCCN5CCC5)ccn34)ncn2)cc1. The molecule has 1 aliphatic heterocycles. The van der Waals surface area contributed by atoms with E-state index in [0.717, 1.165) is 51.8 Å². The van der Waals surface area contributed by atoms with Gasteiger partial charge in [-0.3, -0.25) is 9.30 Å². The summed E-state index contributed by atoms with van der Waals surface area (Å²) in [4.78, 5) is 15.8. The molecular formula is C27H30N8O. The van der Waals surface area contributed by atoms with Gasteiger partial charge in [0.15, 0.2) is 0 Å². The number of aromatic nitrogens is 4. The average molecular weight is 483 g/mol. The molecule has 1 fully saturated rings. The van der Waals surface area contributed by atoms with Gasteiger partial charge in [-0.05, 0) is 36.7 Å². The van der Waals surface area contributed by atoms with Crippen LogP contribution in [0, 0.1) is 5.41 Å². The number of imidazole rings is 1. The van der Waals surface area contributed by atoms with Gasteiger partial charge in [0.2, 0.25) is 0 Å². The van der Waals surface area contributed by atoms with Crippen LogP contribution in [0.5, 0.6) is 5.75 Å². The van der Waals surface area contributed by atoms with E-state index in [1.807, 2.05) is 72.5 Å². The lowest BCUT2D eigenvalue weighted by atomic mass is 10.1. The van der Waals surface area contributed by atoms with E-state index in [0.29, 0.717) is 13.2 Å². The lowest BCUT2D eigenvalue weighted by Crippen LogP contribution is -2.39. The molecule has 9 heteroatoms. The number of anilines is 1. The summed E-state index contributed by atoms with van der Waals surface area (Å²) in [5, 5.41) is 13.9. The van der Waals surface area contributed by atoms with Gasteiger partial charge in [-0.25, -0.2) is 15.0 Å². The molecule has 1 aromatic carbocycles. The minimum absolute atomic E-state index is 0.623. The quantitative estimate of drug-likeness (QED) is 0.280. The molecule has 4 heterocycles. The van der Waals surface area contributed by atoms with Crippen molar-refractivity contribution in [2.24, 2.45) is 0 Å². The lowest BCUT2D eigenvalue weighted by molar-refractivity contribution is 0.147. The van der Waals surface area contributed by atoms with Crippen LogP contribution in [0.3, 0.4) is 0 Å². The summed E-state index contributed by atoms with van der Waals surface area (Å²) in [6.45, 7) is 4.62. The smallest absolute Gasteiger partial charge is 0.140 e. The van der Waals surface area contributed by atoms with Crippen molar-refractivity contribution < 1.29 is 4.74 Å². The Hall–Kier alpha value is -4.24. The third-order valence-electron chi connectivity index (χ3n) is 6.26. The van der Waals surface area contributed by atoms with Crippen molar-refractivity contribution >= 4 is 23.3 Å². The van der Waals surface area contributed by atoms with E-state index >= 15 is 0 Å². The van der Waals surface area contributed by atoms with Crippen molar-refractivity contribution in [2.45, 2.75) is 13.0 Å². The second-order valence-corrected chi connectivity index (χ2v) is 8.65. The monoisotopic (exact) mass is 482 g/mol. The highest BCUT2D eigenvalue weighted by Gasteiger charge is 2.13. The van der Waals surface area contributed by atoms with Gasteiger partial charge in [-0.1, -0.05) is 24.3 Å². The first-order valence-electron chi connectivity index (χ1n) is 12.1. The van der Waals surface area contributed by atoms with Crippen molar-refractivity contribution in [3.8, 4) is 17.1 Å². The molecule has 9 nitrogen and oxygen atoms in total. The van der Waals surface area contributed by atoms with Gasteiger partial charge in [0.05, 0.1) is 17.6 Å². The Labute approximate surface area is 210 Å². The number of nitrogens with zero attached hydrogens (tertiary/aromatic N) is 5. The number of benzene rings is 1. The highest BCUT2D eigenvalue weighted by molar-refractivity contribution is 6.08. The Kier molecular flexibility index (Phi) is 7.18. The summed E-state index contributed by atoms with van der Waals surface area (Å²) >= 11 is 0. The van der Waals surface area contributed by atoms with Crippen LogP contribution in [0.1, 0.15) is 17.5 Å². The molecule has 4 aromatic rings. The number of ether oxygens (including phenoxy) is 1. The van der Waals surface area contributed by atoms with E-state index in [-0.39, 0.29) is 0 Å². The predicted octanol–water partition coefficient (Wildman–Crippen LogP) is 3.70. The number of nitrogens with one attached hydrogen (secondary N) is 3. The lowest BCUT2D eigenvalue weighted by Gasteiger charge is -2.30. The van der Waals surface area contributed by atoms with Crippen LogP contribution in [-0.2, 0) is 6.54 Å².